The van der Waals surface area contributed by atoms with Gasteiger partial charge in [-0.25, -0.2) is 14.9 Å². The fourth-order valence-corrected chi connectivity index (χ4v) is 2.96. The van der Waals surface area contributed by atoms with E-state index in [2.05, 4.69) is 31.9 Å². The number of hydrogen-bond donors (Lipinski definition) is 1. The van der Waals surface area contributed by atoms with Gasteiger partial charge in [-0.05, 0) is 27.7 Å². The van der Waals surface area contributed by atoms with Gasteiger partial charge in [-0.2, -0.15) is 5.10 Å². The van der Waals surface area contributed by atoms with Gasteiger partial charge in [-0.1, -0.05) is 5.92 Å². The van der Waals surface area contributed by atoms with Gasteiger partial charge >= 0.3 is 6.09 Å². The zero-order valence-electron chi connectivity index (χ0n) is 16.1. The molecule has 2 aromatic rings. The molecule has 0 spiro atoms. The lowest BCUT2D eigenvalue weighted by molar-refractivity contribution is 0.0240. The van der Waals surface area contributed by atoms with E-state index < -0.39 is 5.60 Å². The smallest absolute Gasteiger partial charge is 0.410 e. The van der Waals surface area contributed by atoms with Crippen LogP contribution < -0.4 is 10.5 Å². The second-order valence-electron chi connectivity index (χ2n) is 7.31. The highest BCUT2D eigenvalue weighted by Gasteiger charge is 2.28. The maximum atomic E-state index is 12.2. The lowest BCUT2D eigenvalue weighted by atomic mass is 10.2. The van der Waals surface area contributed by atoms with Crippen molar-refractivity contribution in [1.29, 1.82) is 0 Å². The van der Waals surface area contributed by atoms with E-state index in [0.717, 1.165) is 0 Å². The van der Waals surface area contributed by atoms with E-state index in [1.54, 1.807) is 16.4 Å². The quantitative estimate of drug-likeness (QED) is 0.796. The van der Waals surface area contributed by atoms with Crippen LogP contribution in [0.15, 0.2) is 11.0 Å². The van der Waals surface area contributed by atoms with Gasteiger partial charge in [0.25, 0.3) is 5.56 Å². The maximum Gasteiger partial charge on any atom is 0.410 e. The molecule has 0 atom stereocenters. The summed E-state index contributed by atoms with van der Waals surface area (Å²) in [5.74, 6) is 6.50. The van der Waals surface area contributed by atoms with Crippen LogP contribution in [0.25, 0.3) is 11.0 Å². The molecule has 0 unspecified atom stereocenters. The fourth-order valence-electron chi connectivity index (χ4n) is 2.96. The van der Waals surface area contributed by atoms with Crippen molar-refractivity contribution in [3.05, 3.63) is 16.6 Å². The third-order valence-electron chi connectivity index (χ3n) is 4.17. The van der Waals surface area contributed by atoms with E-state index in [9.17, 15) is 9.59 Å². The van der Waals surface area contributed by atoms with E-state index in [0.29, 0.717) is 49.7 Å². The third kappa shape index (κ3) is 4.05. The minimum Gasteiger partial charge on any atom is -0.444 e. The molecule has 0 aromatic carbocycles. The molecule has 1 saturated heterocycles. The van der Waals surface area contributed by atoms with Crippen molar-refractivity contribution in [3.63, 3.8) is 0 Å². The molecule has 0 aliphatic carbocycles. The number of anilines is 1. The summed E-state index contributed by atoms with van der Waals surface area (Å²) >= 11 is 0. The minimum atomic E-state index is -0.519. The molecule has 9 nitrogen and oxygen atoms in total. The lowest BCUT2D eigenvalue weighted by Gasteiger charge is -2.36. The number of aromatic nitrogens is 4. The molecule has 9 heteroatoms. The van der Waals surface area contributed by atoms with Crippen LogP contribution in [-0.4, -0.2) is 62.5 Å². The number of hydrogen-bond acceptors (Lipinski definition) is 6. The second kappa shape index (κ2) is 7.31. The van der Waals surface area contributed by atoms with E-state index in [1.807, 2.05) is 20.8 Å². The van der Waals surface area contributed by atoms with Crippen molar-refractivity contribution in [3.8, 4) is 11.8 Å². The molecule has 2 aromatic heterocycles. The van der Waals surface area contributed by atoms with Crippen molar-refractivity contribution in [2.75, 3.05) is 31.1 Å². The highest BCUT2D eigenvalue weighted by atomic mass is 16.6. The molecule has 1 aliphatic rings. The molecule has 0 saturated carbocycles. The molecule has 3 heterocycles. The topological polar surface area (TPSA) is 96.3 Å². The van der Waals surface area contributed by atoms with Gasteiger partial charge in [0.1, 0.15) is 16.6 Å². The van der Waals surface area contributed by atoms with E-state index in [-0.39, 0.29) is 11.7 Å². The number of H-pyrrole nitrogens is 1. The Balaban J connectivity index is 1.82. The van der Waals surface area contributed by atoms with Crippen LogP contribution in [0.2, 0.25) is 0 Å². The summed E-state index contributed by atoms with van der Waals surface area (Å²) in [6, 6.07) is 0. The first-order valence-electron chi connectivity index (χ1n) is 8.86. The molecule has 0 radical (unpaired) electrons. The third-order valence-corrected chi connectivity index (χ3v) is 4.17. The average molecular weight is 372 g/mol. The number of fused-ring (bicyclic) bond motifs is 1. The first-order valence-corrected chi connectivity index (χ1v) is 8.86. The summed E-state index contributed by atoms with van der Waals surface area (Å²) < 4.78 is 7.24. The van der Waals surface area contributed by atoms with Gasteiger partial charge in [0.05, 0.1) is 12.7 Å². The molecule has 1 fully saturated rings. The minimum absolute atomic E-state index is 0.295. The highest BCUT2D eigenvalue weighted by molar-refractivity contribution is 5.77. The van der Waals surface area contributed by atoms with Crippen LogP contribution in [0.1, 0.15) is 27.7 Å². The number of nitrogens with zero attached hydrogens (tertiary/aromatic N) is 5. The van der Waals surface area contributed by atoms with Crippen molar-refractivity contribution in [2.24, 2.45) is 0 Å². The summed E-state index contributed by atoms with van der Waals surface area (Å²) in [6.45, 7) is 9.89. The Morgan fingerprint density at radius 1 is 1.30 bits per heavy atom. The number of imidazole rings is 1. The molecule has 144 valence electrons. The van der Waals surface area contributed by atoms with Gasteiger partial charge in [0.15, 0.2) is 0 Å². The van der Waals surface area contributed by atoms with Crippen molar-refractivity contribution in [1.82, 2.24) is 24.6 Å². The first-order chi connectivity index (χ1) is 12.8. The van der Waals surface area contributed by atoms with E-state index in [1.165, 1.54) is 6.20 Å². The Labute approximate surface area is 157 Å². The Hall–Kier alpha value is -3.02. The van der Waals surface area contributed by atoms with E-state index >= 15 is 0 Å². The summed E-state index contributed by atoms with van der Waals surface area (Å²) in [7, 11) is 0. The number of ether oxygens (including phenoxy) is 1. The van der Waals surface area contributed by atoms with Gasteiger partial charge in [0, 0.05) is 26.2 Å². The van der Waals surface area contributed by atoms with Crippen LogP contribution in [0.5, 0.6) is 0 Å². The highest BCUT2D eigenvalue weighted by Crippen LogP contribution is 2.21. The number of rotatable bonds is 2. The summed E-state index contributed by atoms with van der Waals surface area (Å²) in [4.78, 5) is 32.8. The predicted octanol–water partition coefficient (Wildman–Crippen LogP) is 1.20. The van der Waals surface area contributed by atoms with Crippen molar-refractivity contribution < 1.29 is 9.53 Å². The number of nitrogens with one attached hydrogen (secondary N) is 1. The van der Waals surface area contributed by atoms with Gasteiger partial charge < -0.3 is 14.5 Å². The second-order valence-corrected chi connectivity index (χ2v) is 7.31. The van der Waals surface area contributed by atoms with Crippen molar-refractivity contribution in [2.45, 2.75) is 39.8 Å². The molecule has 1 aliphatic heterocycles. The van der Waals surface area contributed by atoms with Crippen LogP contribution in [-0.2, 0) is 11.3 Å². The first kappa shape index (κ1) is 18.8. The van der Waals surface area contributed by atoms with E-state index in [4.69, 9.17) is 4.74 Å². The monoisotopic (exact) mass is 372 g/mol. The number of carbonyl (C=O) groups excluding carboxylic acids is 1. The fraction of sp³-hybridized carbons (Fsp3) is 0.556. The van der Waals surface area contributed by atoms with Crippen LogP contribution in [0.3, 0.4) is 0 Å². The van der Waals surface area contributed by atoms with Crippen LogP contribution in [0.4, 0.5) is 10.7 Å². The molecule has 27 heavy (non-hydrogen) atoms. The Kier molecular flexibility index (Phi) is 5.08. The van der Waals surface area contributed by atoms with Gasteiger partial charge in [-0.3, -0.25) is 9.36 Å². The zero-order valence-corrected chi connectivity index (χ0v) is 16.1. The number of amides is 1. The number of aromatic amines is 1. The van der Waals surface area contributed by atoms with Gasteiger partial charge in [0.2, 0.25) is 5.95 Å². The van der Waals surface area contributed by atoms with Crippen LogP contribution >= 0.6 is 0 Å². The molecule has 0 bridgehead atoms. The standard InChI is InChI=1S/C18H24N6O3/c1-5-6-7-24-14-13(12-19-21-15(14)25)20-16(24)22-8-10-23(11-9-22)17(26)27-18(2,3)4/h12H,7-11H2,1-4H3,(H,21,25). The molecular formula is C18H24N6O3. The number of piperazine rings is 1. The molecule has 1 amide bonds. The summed E-state index contributed by atoms with van der Waals surface area (Å²) in [5, 5.41) is 6.27. The van der Waals surface area contributed by atoms with Crippen LogP contribution in [0, 0.1) is 11.8 Å². The Morgan fingerprint density at radius 2 is 2.00 bits per heavy atom. The summed E-state index contributed by atoms with van der Waals surface area (Å²) in [6.07, 6.45) is 1.22. The maximum absolute atomic E-state index is 12.2. The normalized spacial score (nSPS) is 14.8. The average Bonchev–Trinajstić information content (AvgIpc) is 2.98. The number of carbonyl (C=O) groups is 1. The summed E-state index contributed by atoms with van der Waals surface area (Å²) in [5.41, 5.74) is 0.171. The molecule has 1 N–H and O–H groups in total. The SMILES string of the molecule is CC#CCn1c(N2CCN(C(=O)OC(C)(C)C)CC2)nc2cn[nH]c(=O)c21. The lowest BCUT2D eigenvalue weighted by Crippen LogP contribution is -2.50. The largest absolute Gasteiger partial charge is 0.444 e. The molecular weight excluding hydrogens is 348 g/mol. The Bertz CT molecular complexity index is 951. The van der Waals surface area contributed by atoms with Crippen molar-refractivity contribution >= 4 is 23.1 Å². The zero-order chi connectivity index (χ0) is 19.6. The Morgan fingerprint density at radius 3 is 2.63 bits per heavy atom. The molecule has 3 rings (SSSR count). The predicted molar refractivity (Wildman–Crippen MR) is 102 cm³/mol. The van der Waals surface area contributed by atoms with Gasteiger partial charge in [-0.15, -0.1) is 5.92 Å².